The minimum Gasteiger partial charge on any atom is -0.491 e. The van der Waals surface area contributed by atoms with Crippen molar-refractivity contribution in [1.82, 2.24) is 0 Å². The Bertz CT molecular complexity index is 654. The second kappa shape index (κ2) is 12.9. The molecule has 0 unspecified atom stereocenters. The van der Waals surface area contributed by atoms with Crippen LogP contribution in [0.1, 0.15) is 57.5 Å². The number of amides is 1. The van der Waals surface area contributed by atoms with E-state index in [1.54, 1.807) is 23.1 Å². The van der Waals surface area contributed by atoms with Crippen molar-refractivity contribution in [3.63, 3.8) is 0 Å². The highest BCUT2D eigenvalue weighted by Crippen LogP contribution is 2.27. The van der Waals surface area contributed by atoms with Crippen LogP contribution in [0.2, 0.25) is 0 Å². The summed E-state index contributed by atoms with van der Waals surface area (Å²) in [6.45, 7) is 14.8. The highest BCUT2D eigenvalue weighted by atomic mass is 19.1. The summed E-state index contributed by atoms with van der Waals surface area (Å²) >= 11 is 0. The SMILES string of the molecule is CC.CC.CC.Cc1ccc2c(c1)OCCN(c1ccc(F)cc1)C2=O. The molecule has 0 aliphatic carbocycles. The lowest BCUT2D eigenvalue weighted by atomic mass is 10.1. The number of nitrogens with zero attached hydrogens (tertiary/aromatic N) is 1. The number of anilines is 1. The van der Waals surface area contributed by atoms with Gasteiger partial charge in [0.25, 0.3) is 5.91 Å². The van der Waals surface area contributed by atoms with Gasteiger partial charge in [0.2, 0.25) is 0 Å². The first-order valence-electron chi connectivity index (χ1n) is 9.46. The van der Waals surface area contributed by atoms with Crippen molar-refractivity contribution in [1.29, 1.82) is 0 Å². The molecular formula is C22H32FNO2. The Kier molecular flexibility index (Phi) is 11.8. The fourth-order valence-electron chi connectivity index (χ4n) is 2.29. The van der Waals surface area contributed by atoms with Gasteiger partial charge in [-0.2, -0.15) is 0 Å². The molecule has 1 aliphatic rings. The number of rotatable bonds is 1. The standard InChI is InChI=1S/C16H14FNO2.3C2H6/c1-11-2-7-14-15(10-11)20-9-8-18(16(14)19)13-5-3-12(17)4-6-13;3*1-2/h2-7,10H,8-9H2,1H3;3*1-2H3. The van der Waals surface area contributed by atoms with Gasteiger partial charge in [0, 0.05) is 5.69 Å². The van der Waals surface area contributed by atoms with Crippen molar-refractivity contribution >= 4 is 11.6 Å². The predicted molar refractivity (Wildman–Crippen MR) is 109 cm³/mol. The van der Waals surface area contributed by atoms with E-state index in [0.717, 1.165) is 5.56 Å². The van der Waals surface area contributed by atoms with E-state index < -0.39 is 0 Å². The van der Waals surface area contributed by atoms with Crippen LogP contribution in [0.4, 0.5) is 10.1 Å². The van der Waals surface area contributed by atoms with E-state index in [2.05, 4.69) is 0 Å². The molecule has 0 atom stereocenters. The van der Waals surface area contributed by atoms with E-state index in [1.807, 2.05) is 60.6 Å². The molecule has 144 valence electrons. The number of benzene rings is 2. The molecule has 0 saturated carbocycles. The number of carbonyl (C=O) groups excluding carboxylic acids is 1. The molecule has 4 heteroatoms. The molecule has 1 amide bonds. The number of hydrogen-bond donors (Lipinski definition) is 0. The van der Waals surface area contributed by atoms with Crippen LogP contribution in [-0.2, 0) is 0 Å². The van der Waals surface area contributed by atoms with Crippen LogP contribution in [-0.4, -0.2) is 19.1 Å². The Morgan fingerprint density at radius 3 is 2.08 bits per heavy atom. The monoisotopic (exact) mass is 361 g/mol. The molecule has 0 bridgehead atoms. The minimum absolute atomic E-state index is 0.121. The van der Waals surface area contributed by atoms with Crippen molar-refractivity contribution < 1.29 is 13.9 Å². The molecule has 0 saturated heterocycles. The molecule has 3 nitrogen and oxygen atoms in total. The molecule has 0 fully saturated rings. The number of aryl methyl sites for hydroxylation is 1. The van der Waals surface area contributed by atoms with Gasteiger partial charge in [-0.15, -0.1) is 0 Å². The Hall–Kier alpha value is -2.36. The predicted octanol–water partition coefficient (Wildman–Crippen LogP) is 6.25. The third-order valence-corrected chi connectivity index (χ3v) is 3.32. The molecule has 26 heavy (non-hydrogen) atoms. The summed E-state index contributed by atoms with van der Waals surface area (Å²) in [7, 11) is 0. The van der Waals surface area contributed by atoms with Crippen molar-refractivity contribution in [2.45, 2.75) is 48.5 Å². The van der Waals surface area contributed by atoms with Gasteiger partial charge in [-0.3, -0.25) is 4.79 Å². The molecule has 3 rings (SSSR count). The van der Waals surface area contributed by atoms with Crippen LogP contribution in [0.25, 0.3) is 0 Å². The molecule has 0 spiro atoms. The van der Waals surface area contributed by atoms with Gasteiger partial charge in [0.1, 0.15) is 18.2 Å². The smallest absolute Gasteiger partial charge is 0.262 e. The van der Waals surface area contributed by atoms with Crippen LogP contribution in [0, 0.1) is 12.7 Å². The van der Waals surface area contributed by atoms with Gasteiger partial charge in [-0.05, 0) is 48.9 Å². The Morgan fingerprint density at radius 1 is 0.923 bits per heavy atom. The number of halogens is 1. The van der Waals surface area contributed by atoms with Gasteiger partial charge >= 0.3 is 0 Å². The average Bonchev–Trinajstić information content (AvgIpc) is 2.86. The number of fused-ring (bicyclic) bond motifs is 1. The first-order valence-corrected chi connectivity index (χ1v) is 9.46. The van der Waals surface area contributed by atoms with Gasteiger partial charge in [0.15, 0.2) is 0 Å². The number of carbonyl (C=O) groups is 1. The summed E-state index contributed by atoms with van der Waals surface area (Å²) in [5.41, 5.74) is 2.26. The summed E-state index contributed by atoms with van der Waals surface area (Å²) in [6.07, 6.45) is 0. The van der Waals surface area contributed by atoms with Gasteiger partial charge in [-0.1, -0.05) is 47.6 Å². The van der Waals surface area contributed by atoms with Crippen LogP contribution in [0.15, 0.2) is 42.5 Å². The molecule has 2 aromatic carbocycles. The van der Waals surface area contributed by atoms with Crippen molar-refractivity contribution in [3.05, 3.63) is 59.4 Å². The van der Waals surface area contributed by atoms with Crippen molar-refractivity contribution in [2.75, 3.05) is 18.1 Å². The number of hydrogen-bond acceptors (Lipinski definition) is 2. The molecule has 1 aliphatic heterocycles. The summed E-state index contributed by atoms with van der Waals surface area (Å²) in [5, 5.41) is 0. The Balaban J connectivity index is 0.000000948. The zero-order valence-corrected chi connectivity index (χ0v) is 17.1. The van der Waals surface area contributed by atoms with Gasteiger partial charge in [-0.25, -0.2) is 4.39 Å². The Labute approximate surface area is 157 Å². The Morgan fingerprint density at radius 2 is 1.50 bits per heavy atom. The molecular weight excluding hydrogens is 329 g/mol. The lowest BCUT2D eigenvalue weighted by molar-refractivity contribution is 0.0990. The normalized spacial score (nSPS) is 11.8. The topological polar surface area (TPSA) is 29.5 Å². The molecule has 1 heterocycles. The third-order valence-electron chi connectivity index (χ3n) is 3.32. The van der Waals surface area contributed by atoms with Crippen LogP contribution in [0.5, 0.6) is 5.75 Å². The highest BCUT2D eigenvalue weighted by molar-refractivity contribution is 6.08. The fourth-order valence-corrected chi connectivity index (χ4v) is 2.29. The highest BCUT2D eigenvalue weighted by Gasteiger charge is 2.24. The van der Waals surface area contributed by atoms with E-state index in [9.17, 15) is 9.18 Å². The second-order valence-electron chi connectivity index (χ2n) is 4.78. The summed E-state index contributed by atoms with van der Waals surface area (Å²) in [6, 6.07) is 11.4. The summed E-state index contributed by atoms with van der Waals surface area (Å²) in [4.78, 5) is 14.2. The minimum atomic E-state index is -0.316. The van der Waals surface area contributed by atoms with Crippen LogP contribution >= 0.6 is 0 Å². The largest absolute Gasteiger partial charge is 0.491 e. The van der Waals surface area contributed by atoms with E-state index in [1.165, 1.54) is 12.1 Å². The molecule has 0 radical (unpaired) electrons. The lowest BCUT2D eigenvalue weighted by Crippen LogP contribution is -2.32. The maximum atomic E-state index is 13.0. The maximum Gasteiger partial charge on any atom is 0.262 e. The first-order chi connectivity index (χ1) is 12.6. The van der Waals surface area contributed by atoms with Crippen molar-refractivity contribution in [3.8, 4) is 5.75 Å². The van der Waals surface area contributed by atoms with Gasteiger partial charge in [0.05, 0.1) is 12.1 Å². The van der Waals surface area contributed by atoms with E-state index >= 15 is 0 Å². The zero-order valence-electron chi connectivity index (χ0n) is 17.1. The first kappa shape index (κ1) is 23.6. The average molecular weight is 362 g/mol. The van der Waals surface area contributed by atoms with Crippen molar-refractivity contribution in [2.24, 2.45) is 0 Å². The number of ether oxygens (including phenoxy) is 1. The quantitative estimate of drug-likeness (QED) is 0.600. The fraction of sp³-hybridized carbons (Fsp3) is 0.409. The second-order valence-corrected chi connectivity index (χ2v) is 4.78. The van der Waals surface area contributed by atoms with E-state index in [0.29, 0.717) is 30.2 Å². The van der Waals surface area contributed by atoms with Crippen LogP contribution in [0.3, 0.4) is 0 Å². The zero-order chi connectivity index (χ0) is 20.1. The van der Waals surface area contributed by atoms with E-state index in [4.69, 9.17) is 4.74 Å². The summed E-state index contributed by atoms with van der Waals surface area (Å²) < 4.78 is 18.6. The molecule has 0 aromatic heterocycles. The third kappa shape index (κ3) is 6.17. The van der Waals surface area contributed by atoms with E-state index in [-0.39, 0.29) is 11.7 Å². The maximum absolute atomic E-state index is 13.0. The van der Waals surface area contributed by atoms with Crippen LogP contribution < -0.4 is 9.64 Å². The lowest BCUT2D eigenvalue weighted by Gasteiger charge is -2.19. The molecule has 2 aromatic rings. The molecule has 0 N–H and O–H groups in total. The summed E-state index contributed by atoms with van der Waals surface area (Å²) in [5.74, 6) is 0.173. The van der Waals surface area contributed by atoms with Gasteiger partial charge < -0.3 is 9.64 Å².